The zero-order valence-corrected chi connectivity index (χ0v) is 23.6. The summed E-state index contributed by atoms with van der Waals surface area (Å²) in [6.07, 6.45) is 0. The van der Waals surface area contributed by atoms with Crippen LogP contribution in [0, 0.1) is 0 Å². The SMILES string of the molecule is c1ccc(-n2c3ccccc3c3c(-c4ccc(-c5ccc6c7c(cccc57)-c5ccccc5S6)cc4)cccc32)cc1. The van der Waals surface area contributed by atoms with Crippen LogP contribution in [0.25, 0.3) is 71.6 Å². The minimum absolute atomic E-state index is 1.18. The Morgan fingerprint density at radius 1 is 0.357 bits per heavy atom. The number of hydrogen-bond acceptors (Lipinski definition) is 1. The summed E-state index contributed by atoms with van der Waals surface area (Å²) in [7, 11) is 0. The van der Waals surface area contributed by atoms with E-state index in [-0.39, 0.29) is 0 Å². The molecule has 7 aromatic carbocycles. The maximum Gasteiger partial charge on any atom is 0.0547 e. The van der Waals surface area contributed by atoms with Crippen molar-refractivity contribution in [1.29, 1.82) is 0 Å². The molecule has 42 heavy (non-hydrogen) atoms. The molecule has 0 N–H and O–H groups in total. The number of nitrogens with zero attached hydrogens (tertiary/aromatic N) is 1. The van der Waals surface area contributed by atoms with Gasteiger partial charge < -0.3 is 4.57 Å². The van der Waals surface area contributed by atoms with Gasteiger partial charge in [-0.3, -0.25) is 0 Å². The first-order chi connectivity index (χ1) is 20.8. The molecule has 0 radical (unpaired) electrons. The summed E-state index contributed by atoms with van der Waals surface area (Å²) in [4.78, 5) is 2.67. The molecule has 0 amide bonds. The number of rotatable bonds is 3. The van der Waals surface area contributed by atoms with Crippen LogP contribution in [0.4, 0.5) is 0 Å². The van der Waals surface area contributed by atoms with E-state index in [2.05, 4.69) is 156 Å². The fourth-order valence-corrected chi connectivity index (χ4v) is 7.91. The van der Waals surface area contributed by atoms with E-state index in [9.17, 15) is 0 Å². The van der Waals surface area contributed by atoms with Crippen molar-refractivity contribution < 1.29 is 0 Å². The number of aromatic nitrogens is 1. The highest BCUT2D eigenvalue weighted by molar-refractivity contribution is 7.99. The molecule has 1 nitrogen and oxygen atoms in total. The fourth-order valence-electron chi connectivity index (χ4n) is 6.78. The summed E-state index contributed by atoms with van der Waals surface area (Å²) in [5, 5.41) is 5.24. The predicted molar refractivity (Wildman–Crippen MR) is 179 cm³/mol. The number of para-hydroxylation sites is 2. The third-order valence-corrected chi connectivity index (χ3v) is 9.75. The van der Waals surface area contributed by atoms with Gasteiger partial charge in [-0.1, -0.05) is 127 Å². The zero-order valence-electron chi connectivity index (χ0n) is 22.8. The molecule has 2 heteroatoms. The maximum absolute atomic E-state index is 2.38. The lowest BCUT2D eigenvalue weighted by Gasteiger charge is -2.21. The summed E-state index contributed by atoms with van der Waals surface area (Å²) in [6.45, 7) is 0. The zero-order chi connectivity index (χ0) is 27.6. The molecule has 1 aliphatic heterocycles. The number of benzene rings is 7. The van der Waals surface area contributed by atoms with Crippen molar-refractivity contribution in [2.75, 3.05) is 0 Å². The second-order valence-electron chi connectivity index (χ2n) is 10.9. The van der Waals surface area contributed by atoms with Crippen LogP contribution in [-0.2, 0) is 0 Å². The molecule has 0 aliphatic carbocycles. The Morgan fingerprint density at radius 3 is 1.88 bits per heavy atom. The van der Waals surface area contributed by atoms with E-state index in [4.69, 9.17) is 0 Å². The normalized spacial score (nSPS) is 12.2. The van der Waals surface area contributed by atoms with Gasteiger partial charge in [-0.05, 0) is 75.2 Å². The average Bonchev–Trinajstić information content (AvgIpc) is 3.40. The van der Waals surface area contributed by atoms with Crippen LogP contribution >= 0.6 is 11.8 Å². The first kappa shape index (κ1) is 23.6. The van der Waals surface area contributed by atoms with E-state index in [0.717, 1.165) is 0 Å². The van der Waals surface area contributed by atoms with Gasteiger partial charge in [-0.25, -0.2) is 0 Å². The van der Waals surface area contributed by atoms with Crippen molar-refractivity contribution in [3.8, 4) is 39.1 Å². The van der Waals surface area contributed by atoms with E-state index >= 15 is 0 Å². The molecule has 1 aliphatic rings. The van der Waals surface area contributed by atoms with Gasteiger partial charge in [-0.2, -0.15) is 0 Å². The van der Waals surface area contributed by atoms with E-state index in [0.29, 0.717) is 0 Å². The molecule has 0 saturated heterocycles. The highest BCUT2D eigenvalue weighted by Crippen LogP contribution is 2.49. The number of fused-ring (bicyclic) bond motifs is 5. The van der Waals surface area contributed by atoms with Crippen LogP contribution in [0.3, 0.4) is 0 Å². The second-order valence-corrected chi connectivity index (χ2v) is 12.0. The summed E-state index contributed by atoms with van der Waals surface area (Å²) in [5.41, 5.74) is 11.3. The largest absolute Gasteiger partial charge is 0.309 e. The van der Waals surface area contributed by atoms with Gasteiger partial charge in [-0.15, -0.1) is 0 Å². The molecule has 0 spiro atoms. The molecule has 1 aromatic heterocycles. The monoisotopic (exact) mass is 551 g/mol. The molecule has 0 atom stereocenters. The van der Waals surface area contributed by atoms with Crippen molar-refractivity contribution in [2.45, 2.75) is 9.79 Å². The van der Waals surface area contributed by atoms with Gasteiger partial charge in [0.15, 0.2) is 0 Å². The van der Waals surface area contributed by atoms with Crippen LogP contribution in [-0.4, -0.2) is 4.57 Å². The van der Waals surface area contributed by atoms with Crippen LogP contribution in [0.1, 0.15) is 0 Å². The van der Waals surface area contributed by atoms with Crippen molar-refractivity contribution in [2.24, 2.45) is 0 Å². The minimum atomic E-state index is 1.18. The van der Waals surface area contributed by atoms with Crippen LogP contribution in [0.15, 0.2) is 161 Å². The Balaban J connectivity index is 1.20. The molecular formula is C40H25NS. The highest BCUT2D eigenvalue weighted by Gasteiger charge is 2.21. The van der Waals surface area contributed by atoms with Crippen molar-refractivity contribution in [1.82, 2.24) is 4.57 Å². The molecule has 0 saturated carbocycles. The van der Waals surface area contributed by atoms with E-state index in [1.54, 1.807) is 0 Å². The van der Waals surface area contributed by atoms with E-state index in [1.807, 2.05) is 11.8 Å². The first-order valence-corrected chi connectivity index (χ1v) is 15.2. The van der Waals surface area contributed by atoms with Crippen LogP contribution in [0.5, 0.6) is 0 Å². The Hall–Kier alpha value is -5.05. The summed E-state index contributed by atoms with van der Waals surface area (Å²) in [6, 6.07) is 55.4. The minimum Gasteiger partial charge on any atom is -0.309 e. The van der Waals surface area contributed by atoms with Crippen molar-refractivity contribution >= 4 is 44.3 Å². The van der Waals surface area contributed by atoms with Gasteiger partial charge >= 0.3 is 0 Å². The second kappa shape index (κ2) is 9.24. The topological polar surface area (TPSA) is 4.93 Å². The van der Waals surface area contributed by atoms with E-state index < -0.39 is 0 Å². The van der Waals surface area contributed by atoms with Gasteiger partial charge in [0.05, 0.1) is 11.0 Å². The lowest BCUT2D eigenvalue weighted by Crippen LogP contribution is -1.94. The van der Waals surface area contributed by atoms with Crippen molar-refractivity contribution in [3.05, 3.63) is 152 Å². The maximum atomic E-state index is 2.38. The fraction of sp³-hybridized carbons (Fsp3) is 0. The lowest BCUT2D eigenvalue weighted by atomic mass is 9.91. The van der Waals surface area contributed by atoms with Gasteiger partial charge in [0.2, 0.25) is 0 Å². The smallest absolute Gasteiger partial charge is 0.0547 e. The summed E-state index contributed by atoms with van der Waals surface area (Å²) < 4.78 is 2.38. The first-order valence-electron chi connectivity index (χ1n) is 14.4. The Labute approximate surface area is 248 Å². The van der Waals surface area contributed by atoms with Gasteiger partial charge in [0.25, 0.3) is 0 Å². The summed E-state index contributed by atoms with van der Waals surface area (Å²) in [5.74, 6) is 0. The van der Waals surface area contributed by atoms with Crippen LogP contribution in [0.2, 0.25) is 0 Å². The van der Waals surface area contributed by atoms with E-state index in [1.165, 1.54) is 81.4 Å². The molecule has 0 bridgehead atoms. The summed E-state index contributed by atoms with van der Waals surface area (Å²) >= 11 is 1.88. The Bertz CT molecular complexity index is 2310. The Morgan fingerprint density at radius 2 is 1.00 bits per heavy atom. The molecule has 0 unspecified atom stereocenters. The van der Waals surface area contributed by atoms with Gasteiger partial charge in [0, 0.05) is 31.6 Å². The standard InChI is InChI=1S/C40H25NS/c1-2-10-28(11-3-1)41-35-17-6-4-13-34(35)39-30(14-9-18-36(39)41)27-22-20-26(21-23-27)29-24-25-38-40-32(29)15-8-16-33(40)31-12-5-7-19-37(31)42-38/h1-25H. The molecule has 0 fully saturated rings. The molecular weight excluding hydrogens is 527 g/mol. The predicted octanol–water partition coefficient (Wildman–Crippen LogP) is 11.4. The number of hydrogen-bond donors (Lipinski definition) is 0. The molecule has 9 rings (SSSR count). The average molecular weight is 552 g/mol. The lowest BCUT2D eigenvalue weighted by molar-refractivity contribution is 1.18. The quantitative estimate of drug-likeness (QED) is 0.211. The molecule has 2 heterocycles. The Kier molecular flexibility index (Phi) is 5.20. The molecule has 8 aromatic rings. The third-order valence-electron chi connectivity index (χ3n) is 8.62. The van der Waals surface area contributed by atoms with Gasteiger partial charge in [0.1, 0.15) is 0 Å². The van der Waals surface area contributed by atoms with Crippen LogP contribution < -0.4 is 0 Å². The third kappa shape index (κ3) is 3.46. The van der Waals surface area contributed by atoms with Crippen molar-refractivity contribution in [3.63, 3.8) is 0 Å². The highest BCUT2D eigenvalue weighted by atomic mass is 32.2. The molecule has 196 valence electrons.